The summed E-state index contributed by atoms with van der Waals surface area (Å²) in [5.41, 5.74) is 0.814. The molecule has 1 aromatic heterocycles. The Hall–Kier alpha value is -3.29. The normalized spacial score (nSPS) is 9.96. The topological polar surface area (TPSA) is 100 Å². The van der Waals surface area contributed by atoms with Gasteiger partial charge >= 0.3 is 11.8 Å². The van der Waals surface area contributed by atoms with Crippen LogP contribution in [-0.4, -0.2) is 29.3 Å². The Morgan fingerprint density at radius 2 is 1.68 bits per heavy atom. The van der Waals surface area contributed by atoms with Crippen LogP contribution < -0.4 is 16.0 Å². The summed E-state index contributed by atoms with van der Waals surface area (Å²) in [7, 11) is 0. The van der Waals surface area contributed by atoms with E-state index in [9.17, 15) is 18.8 Å². The maximum absolute atomic E-state index is 13.4. The molecule has 0 spiro atoms. The summed E-state index contributed by atoms with van der Waals surface area (Å²) >= 11 is 0. The quantitative estimate of drug-likeness (QED) is 0.680. The molecule has 130 valence electrons. The van der Waals surface area contributed by atoms with Crippen LogP contribution in [0.15, 0.2) is 48.8 Å². The van der Waals surface area contributed by atoms with Crippen molar-refractivity contribution < 1.29 is 18.8 Å². The predicted octanol–water partition coefficient (Wildman–Crippen LogP) is 0.982. The van der Waals surface area contributed by atoms with E-state index < -0.39 is 17.6 Å². The minimum absolute atomic E-state index is 0.00823. The number of halogens is 1. The molecule has 2 aromatic rings. The van der Waals surface area contributed by atoms with E-state index in [1.807, 2.05) is 0 Å². The van der Waals surface area contributed by atoms with Gasteiger partial charge in [-0.15, -0.1) is 0 Å². The Labute approximate surface area is 143 Å². The highest BCUT2D eigenvalue weighted by Crippen LogP contribution is 2.11. The number of para-hydroxylation sites is 1. The summed E-state index contributed by atoms with van der Waals surface area (Å²) in [6.07, 6.45) is 3.26. The van der Waals surface area contributed by atoms with Gasteiger partial charge in [-0.05, 0) is 29.8 Å². The van der Waals surface area contributed by atoms with Gasteiger partial charge in [0, 0.05) is 31.9 Å². The number of aromatic nitrogens is 1. The molecular formula is C17H17FN4O3. The molecule has 3 N–H and O–H groups in total. The molecule has 3 amide bonds. The molecule has 0 aliphatic heterocycles. The Kier molecular flexibility index (Phi) is 6.58. The fraction of sp³-hybridized carbons (Fsp3) is 0.176. The third-order valence-corrected chi connectivity index (χ3v) is 3.20. The minimum Gasteiger partial charge on any atom is -0.352 e. The average Bonchev–Trinajstić information content (AvgIpc) is 2.62. The Bertz CT molecular complexity index is 753. The minimum atomic E-state index is -0.998. The smallest absolute Gasteiger partial charge is 0.313 e. The molecule has 0 unspecified atom stereocenters. The fourth-order valence-corrected chi connectivity index (χ4v) is 1.90. The Morgan fingerprint density at radius 3 is 2.40 bits per heavy atom. The van der Waals surface area contributed by atoms with E-state index in [0.29, 0.717) is 6.54 Å². The number of carbonyl (C=O) groups is 3. The predicted molar refractivity (Wildman–Crippen MR) is 88.7 cm³/mol. The van der Waals surface area contributed by atoms with Crippen LogP contribution in [-0.2, 0) is 20.9 Å². The molecule has 0 saturated carbocycles. The van der Waals surface area contributed by atoms with Gasteiger partial charge in [-0.25, -0.2) is 4.39 Å². The van der Waals surface area contributed by atoms with Crippen molar-refractivity contribution in [3.63, 3.8) is 0 Å². The molecule has 7 nitrogen and oxygen atoms in total. The molecule has 0 atom stereocenters. The lowest BCUT2D eigenvalue weighted by Crippen LogP contribution is -2.37. The average molecular weight is 344 g/mol. The second-order valence-corrected chi connectivity index (χ2v) is 5.07. The summed E-state index contributed by atoms with van der Waals surface area (Å²) in [5.74, 6) is -2.85. The highest BCUT2D eigenvalue weighted by atomic mass is 19.1. The van der Waals surface area contributed by atoms with E-state index in [4.69, 9.17) is 0 Å². The first-order valence-corrected chi connectivity index (χ1v) is 7.55. The van der Waals surface area contributed by atoms with Crippen molar-refractivity contribution in [2.24, 2.45) is 0 Å². The van der Waals surface area contributed by atoms with Crippen molar-refractivity contribution >= 4 is 23.4 Å². The summed E-state index contributed by atoms with van der Waals surface area (Å²) in [6, 6.07) is 9.05. The SMILES string of the molecule is O=C(CCNC(=O)C(=O)Nc1ccccc1F)NCc1ccncc1. The number of hydrogen-bond acceptors (Lipinski definition) is 4. The number of nitrogens with zero attached hydrogens (tertiary/aromatic N) is 1. The van der Waals surface area contributed by atoms with E-state index >= 15 is 0 Å². The first kappa shape index (κ1) is 18.1. The van der Waals surface area contributed by atoms with Crippen LogP contribution in [0.1, 0.15) is 12.0 Å². The van der Waals surface area contributed by atoms with Gasteiger partial charge < -0.3 is 16.0 Å². The number of benzene rings is 1. The molecular weight excluding hydrogens is 327 g/mol. The largest absolute Gasteiger partial charge is 0.352 e. The zero-order valence-electron chi connectivity index (χ0n) is 13.3. The molecule has 1 heterocycles. The van der Waals surface area contributed by atoms with Gasteiger partial charge in [0.2, 0.25) is 5.91 Å². The number of anilines is 1. The van der Waals surface area contributed by atoms with E-state index in [1.165, 1.54) is 24.3 Å². The van der Waals surface area contributed by atoms with E-state index in [0.717, 1.165) is 5.56 Å². The maximum atomic E-state index is 13.4. The molecule has 0 radical (unpaired) electrons. The zero-order valence-corrected chi connectivity index (χ0v) is 13.3. The lowest BCUT2D eigenvalue weighted by atomic mass is 10.2. The summed E-state index contributed by atoms with van der Waals surface area (Å²) in [5, 5.41) is 7.15. The number of nitrogens with one attached hydrogen (secondary N) is 3. The first-order chi connectivity index (χ1) is 12.1. The lowest BCUT2D eigenvalue weighted by Gasteiger charge is -2.08. The molecule has 0 fully saturated rings. The van der Waals surface area contributed by atoms with Crippen LogP contribution in [0.5, 0.6) is 0 Å². The van der Waals surface area contributed by atoms with Gasteiger partial charge in [0.1, 0.15) is 5.82 Å². The van der Waals surface area contributed by atoms with Crippen LogP contribution in [0.3, 0.4) is 0 Å². The van der Waals surface area contributed by atoms with Gasteiger partial charge in [0.05, 0.1) is 5.69 Å². The molecule has 0 aliphatic carbocycles. The molecule has 2 rings (SSSR count). The molecule has 8 heteroatoms. The lowest BCUT2D eigenvalue weighted by molar-refractivity contribution is -0.136. The number of amides is 3. The molecule has 0 aliphatic rings. The summed E-state index contributed by atoms with van der Waals surface area (Å²) < 4.78 is 13.4. The molecule has 0 bridgehead atoms. The Morgan fingerprint density at radius 1 is 0.960 bits per heavy atom. The highest BCUT2D eigenvalue weighted by molar-refractivity contribution is 6.39. The van der Waals surface area contributed by atoms with Crippen molar-refractivity contribution in [2.45, 2.75) is 13.0 Å². The number of hydrogen-bond donors (Lipinski definition) is 3. The van der Waals surface area contributed by atoms with Crippen LogP contribution in [0.2, 0.25) is 0 Å². The third kappa shape index (κ3) is 6.02. The van der Waals surface area contributed by atoms with Gasteiger partial charge in [-0.1, -0.05) is 12.1 Å². The van der Waals surface area contributed by atoms with Crippen LogP contribution in [0, 0.1) is 5.82 Å². The zero-order chi connectivity index (χ0) is 18.1. The number of pyridine rings is 1. The van der Waals surface area contributed by atoms with E-state index in [1.54, 1.807) is 24.5 Å². The summed E-state index contributed by atoms with van der Waals surface area (Å²) in [6.45, 7) is 0.342. The Balaban J connectivity index is 1.68. The van der Waals surface area contributed by atoms with E-state index in [2.05, 4.69) is 20.9 Å². The first-order valence-electron chi connectivity index (χ1n) is 7.55. The maximum Gasteiger partial charge on any atom is 0.313 e. The standard InChI is InChI=1S/C17H17FN4O3/c18-13-3-1-2-4-14(13)22-17(25)16(24)20-10-7-15(23)21-11-12-5-8-19-9-6-12/h1-6,8-9H,7,10-11H2,(H,20,24)(H,21,23)(H,22,25). The third-order valence-electron chi connectivity index (χ3n) is 3.20. The van der Waals surface area contributed by atoms with Gasteiger partial charge in [0.25, 0.3) is 0 Å². The second-order valence-electron chi connectivity index (χ2n) is 5.07. The van der Waals surface area contributed by atoms with Crippen LogP contribution >= 0.6 is 0 Å². The van der Waals surface area contributed by atoms with Crippen molar-refractivity contribution in [1.29, 1.82) is 0 Å². The fourth-order valence-electron chi connectivity index (χ4n) is 1.90. The van der Waals surface area contributed by atoms with Crippen molar-refractivity contribution in [2.75, 3.05) is 11.9 Å². The van der Waals surface area contributed by atoms with E-state index in [-0.39, 0.29) is 24.6 Å². The van der Waals surface area contributed by atoms with Gasteiger partial charge in [-0.3, -0.25) is 19.4 Å². The molecule has 25 heavy (non-hydrogen) atoms. The molecule has 0 saturated heterocycles. The van der Waals surface area contributed by atoms with Crippen LogP contribution in [0.25, 0.3) is 0 Å². The highest BCUT2D eigenvalue weighted by Gasteiger charge is 2.15. The van der Waals surface area contributed by atoms with Crippen molar-refractivity contribution in [1.82, 2.24) is 15.6 Å². The second kappa shape index (κ2) is 9.11. The van der Waals surface area contributed by atoms with Crippen molar-refractivity contribution in [3.05, 3.63) is 60.2 Å². The number of carbonyl (C=O) groups excluding carboxylic acids is 3. The van der Waals surface area contributed by atoms with Crippen LogP contribution in [0.4, 0.5) is 10.1 Å². The summed E-state index contributed by atoms with van der Waals surface area (Å²) in [4.78, 5) is 38.8. The monoisotopic (exact) mass is 344 g/mol. The molecule has 1 aromatic carbocycles. The number of rotatable bonds is 6. The van der Waals surface area contributed by atoms with Crippen molar-refractivity contribution in [3.8, 4) is 0 Å². The van der Waals surface area contributed by atoms with Gasteiger partial charge in [-0.2, -0.15) is 0 Å². The van der Waals surface area contributed by atoms with Gasteiger partial charge in [0.15, 0.2) is 0 Å².